The Kier molecular flexibility index (Phi) is 15.2. The van der Waals surface area contributed by atoms with Gasteiger partial charge in [0.15, 0.2) is 0 Å². The Bertz CT molecular complexity index is 1350. The maximum Gasteiger partial charge on any atom is 0.408 e. The summed E-state index contributed by atoms with van der Waals surface area (Å²) in [7, 11) is 3.52. The van der Waals surface area contributed by atoms with Gasteiger partial charge < -0.3 is 35.6 Å². The average molecular weight is 683 g/mol. The Labute approximate surface area is 292 Å². The molecule has 264 valence electrons. The summed E-state index contributed by atoms with van der Waals surface area (Å²) in [6.45, 7) is 15.6. The lowest BCUT2D eigenvalue weighted by molar-refractivity contribution is -0.136. The average Bonchev–Trinajstić information content (AvgIpc) is 4.00. The Morgan fingerprint density at radius 2 is 1.98 bits per heavy atom. The summed E-state index contributed by atoms with van der Waals surface area (Å²) in [5, 5.41) is 7.07. The molecule has 0 saturated heterocycles. The number of amides is 2. The maximum atomic E-state index is 13.3. The van der Waals surface area contributed by atoms with Gasteiger partial charge in [0, 0.05) is 50.4 Å². The van der Waals surface area contributed by atoms with Crippen molar-refractivity contribution in [2.75, 3.05) is 40.3 Å². The highest BCUT2D eigenvalue weighted by Gasteiger charge is 2.42. The quantitative estimate of drug-likeness (QED) is 0.0826. The zero-order valence-corrected chi connectivity index (χ0v) is 30.1. The molecule has 1 aromatic carbocycles. The first-order valence-electron chi connectivity index (χ1n) is 16.9. The smallest absolute Gasteiger partial charge is 0.408 e. The van der Waals surface area contributed by atoms with E-state index in [-0.39, 0.29) is 30.6 Å². The fraction of sp³-hybridized carbons (Fsp3) is 0.541. The number of benzene rings is 1. The molecular weight excluding hydrogens is 628 g/mol. The van der Waals surface area contributed by atoms with E-state index < -0.39 is 17.7 Å². The van der Waals surface area contributed by atoms with Gasteiger partial charge in [0.05, 0.1) is 24.5 Å². The molecule has 4 N–H and O–H groups in total. The fourth-order valence-corrected chi connectivity index (χ4v) is 5.90. The second-order valence-electron chi connectivity index (χ2n) is 12.7. The van der Waals surface area contributed by atoms with E-state index in [4.69, 9.17) is 26.8 Å². The lowest BCUT2D eigenvalue weighted by Gasteiger charge is -2.33. The number of likely N-dealkylation sites (N-methyl/N-ethyl adjacent to an activating group) is 1. The van der Waals surface area contributed by atoms with Crippen molar-refractivity contribution in [3.8, 4) is 0 Å². The Hall–Kier alpha value is -3.60. The van der Waals surface area contributed by atoms with Gasteiger partial charge in [0.2, 0.25) is 5.91 Å². The van der Waals surface area contributed by atoms with Crippen LogP contribution in [0.4, 0.5) is 4.79 Å². The molecule has 48 heavy (non-hydrogen) atoms. The Balaban J connectivity index is 2.01. The zero-order valence-electron chi connectivity index (χ0n) is 29.3. The molecule has 10 nitrogen and oxygen atoms in total. The van der Waals surface area contributed by atoms with E-state index in [2.05, 4.69) is 34.9 Å². The molecule has 2 aliphatic rings. The molecular formula is C37H55ClN6O4. The first-order chi connectivity index (χ1) is 23.0. The molecule has 2 fully saturated rings. The number of aliphatic imine (C=N–C) groups is 1. The maximum absolute atomic E-state index is 13.3. The van der Waals surface area contributed by atoms with Gasteiger partial charge in [0.25, 0.3) is 0 Å². The van der Waals surface area contributed by atoms with Crippen molar-refractivity contribution in [1.82, 2.24) is 20.4 Å². The van der Waals surface area contributed by atoms with Crippen LogP contribution in [0.2, 0.25) is 5.02 Å². The second-order valence-corrected chi connectivity index (χ2v) is 13.2. The number of hydrogen-bond donors (Lipinski definition) is 3. The number of rotatable bonds is 21. The second kappa shape index (κ2) is 18.8. The lowest BCUT2D eigenvalue weighted by atomic mass is 9.80. The SMILES string of the molecule is C=CNC(/C=C\C)[C@@H](CCCN(CCN)C(=O)COC1CC1)c1ccc(Cl)cc1/C(=C\C)C(NC(=O)OC1(C)CC1)C(=C)N(C)C=NC. The zero-order chi connectivity index (χ0) is 35.3. The summed E-state index contributed by atoms with van der Waals surface area (Å²) in [5.74, 6) is -0.110. The summed E-state index contributed by atoms with van der Waals surface area (Å²) in [6.07, 6.45) is 14.3. The molecule has 2 amide bonds. The molecule has 2 saturated carbocycles. The van der Waals surface area contributed by atoms with E-state index in [1.807, 2.05) is 58.2 Å². The van der Waals surface area contributed by atoms with Gasteiger partial charge in [-0.1, -0.05) is 49.1 Å². The number of nitrogens with one attached hydrogen (secondary N) is 2. The minimum absolute atomic E-state index is 0.0411. The summed E-state index contributed by atoms with van der Waals surface area (Å²) >= 11 is 6.69. The van der Waals surface area contributed by atoms with Crippen molar-refractivity contribution in [2.45, 2.75) is 89.0 Å². The number of nitrogens with two attached hydrogens (primary N) is 1. The van der Waals surface area contributed by atoms with Crippen LogP contribution in [-0.4, -0.2) is 92.3 Å². The van der Waals surface area contributed by atoms with Crippen molar-refractivity contribution in [1.29, 1.82) is 0 Å². The van der Waals surface area contributed by atoms with E-state index in [1.54, 1.807) is 29.4 Å². The van der Waals surface area contributed by atoms with Gasteiger partial charge in [-0.25, -0.2) is 4.79 Å². The van der Waals surface area contributed by atoms with Crippen LogP contribution in [0, 0.1) is 0 Å². The highest BCUT2D eigenvalue weighted by molar-refractivity contribution is 6.30. The van der Waals surface area contributed by atoms with Crippen LogP contribution in [0.3, 0.4) is 0 Å². The first kappa shape index (κ1) is 38.8. The van der Waals surface area contributed by atoms with Crippen LogP contribution in [-0.2, 0) is 14.3 Å². The monoisotopic (exact) mass is 682 g/mol. The number of ether oxygens (including phenoxy) is 2. The van der Waals surface area contributed by atoms with Crippen molar-refractivity contribution in [2.24, 2.45) is 10.7 Å². The summed E-state index contributed by atoms with van der Waals surface area (Å²) in [6, 6.07) is 5.09. The van der Waals surface area contributed by atoms with Gasteiger partial charge in [-0.15, -0.1) is 0 Å². The molecule has 2 unspecified atom stereocenters. The number of carbonyl (C=O) groups is 2. The van der Waals surface area contributed by atoms with Crippen molar-refractivity contribution < 1.29 is 19.1 Å². The van der Waals surface area contributed by atoms with Gasteiger partial charge in [-0.3, -0.25) is 9.79 Å². The molecule has 1 aromatic rings. The summed E-state index contributed by atoms with van der Waals surface area (Å²) in [4.78, 5) is 34.0. The molecule has 0 radical (unpaired) electrons. The normalized spacial score (nSPS) is 17.4. The van der Waals surface area contributed by atoms with Crippen LogP contribution in [0.5, 0.6) is 0 Å². The van der Waals surface area contributed by atoms with Gasteiger partial charge in [0.1, 0.15) is 12.2 Å². The highest BCUT2D eigenvalue weighted by atomic mass is 35.5. The molecule has 3 rings (SSSR count). The number of hydrogen-bond acceptors (Lipinski definition) is 7. The molecule has 0 heterocycles. The lowest BCUT2D eigenvalue weighted by Crippen LogP contribution is -2.43. The van der Waals surface area contributed by atoms with E-state index in [0.29, 0.717) is 30.4 Å². The predicted molar refractivity (Wildman–Crippen MR) is 196 cm³/mol. The van der Waals surface area contributed by atoms with Crippen LogP contribution in [0.15, 0.2) is 66.5 Å². The Morgan fingerprint density at radius 3 is 2.56 bits per heavy atom. The number of halogens is 1. The van der Waals surface area contributed by atoms with Crippen LogP contribution < -0.4 is 16.4 Å². The number of carbonyl (C=O) groups excluding carboxylic acids is 2. The van der Waals surface area contributed by atoms with Crippen molar-refractivity contribution in [3.63, 3.8) is 0 Å². The summed E-state index contributed by atoms with van der Waals surface area (Å²) in [5.41, 5.74) is 8.75. The summed E-state index contributed by atoms with van der Waals surface area (Å²) < 4.78 is 11.5. The van der Waals surface area contributed by atoms with Crippen LogP contribution >= 0.6 is 11.6 Å². The van der Waals surface area contributed by atoms with E-state index in [1.165, 1.54) is 0 Å². The number of allylic oxidation sites excluding steroid dienone is 2. The number of nitrogens with zero attached hydrogens (tertiary/aromatic N) is 3. The molecule has 0 spiro atoms. The van der Waals surface area contributed by atoms with Gasteiger partial charge in [-0.05, 0) is 94.3 Å². The molecule has 3 atom stereocenters. The van der Waals surface area contributed by atoms with Crippen LogP contribution in [0.1, 0.15) is 76.3 Å². The number of alkyl carbamates (subject to hydrolysis) is 1. The largest absolute Gasteiger partial charge is 0.443 e. The predicted octanol–water partition coefficient (Wildman–Crippen LogP) is 6.00. The molecule has 0 aliphatic heterocycles. The minimum atomic E-state index is -0.651. The van der Waals surface area contributed by atoms with Crippen LogP contribution in [0.25, 0.3) is 5.57 Å². The van der Waals surface area contributed by atoms with Crippen molar-refractivity contribution in [3.05, 3.63) is 77.6 Å². The highest BCUT2D eigenvalue weighted by Crippen LogP contribution is 2.40. The van der Waals surface area contributed by atoms with Crippen molar-refractivity contribution >= 4 is 35.5 Å². The topological polar surface area (TPSA) is 122 Å². The third-order valence-electron chi connectivity index (χ3n) is 8.78. The standard InChI is InChI=1S/C37H55ClN6O4/c1-8-12-33(41-10-3)31(13-11-21-44(22-20-39)34(45)24-47-28-15-16-28)30-17-14-27(38)23-32(30)29(9-2)35(26(4)43(7)25-40-6)42-36(46)48-37(5)18-19-37/h8-10,12,14,17,23,25,28,31,33,35,41H,3-4,11,13,15-16,18-22,24,39H2,1-2,5-7H3,(H,42,46)/b12-8-,29-9+,40-25?/t31-,33?,35?/m0/s1. The van der Waals surface area contributed by atoms with Gasteiger partial charge in [-0.2, -0.15) is 0 Å². The van der Waals surface area contributed by atoms with E-state index in [0.717, 1.165) is 55.2 Å². The van der Waals surface area contributed by atoms with E-state index in [9.17, 15) is 9.59 Å². The Morgan fingerprint density at radius 1 is 1.25 bits per heavy atom. The first-order valence-corrected chi connectivity index (χ1v) is 17.3. The molecule has 0 aromatic heterocycles. The molecule has 0 bridgehead atoms. The third kappa shape index (κ3) is 11.5. The third-order valence-corrected chi connectivity index (χ3v) is 9.02. The van der Waals surface area contributed by atoms with E-state index >= 15 is 0 Å². The minimum Gasteiger partial charge on any atom is -0.443 e. The molecule has 2 aliphatic carbocycles. The molecule has 11 heteroatoms. The fourth-order valence-electron chi connectivity index (χ4n) is 5.73. The van der Waals surface area contributed by atoms with Gasteiger partial charge >= 0.3 is 6.09 Å².